The molecule has 0 unspecified atom stereocenters. The molecule has 1 rings (SSSR count). The van der Waals surface area contributed by atoms with Gasteiger partial charge in [-0.2, -0.15) is 0 Å². The molecule has 0 heterocycles. The van der Waals surface area contributed by atoms with Gasteiger partial charge in [0.05, 0.1) is 18.6 Å². The van der Waals surface area contributed by atoms with Crippen molar-refractivity contribution in [1.29, 1.82) is 0 Å². The number of allylic oxidation sites excluding steroid dienone is 1. The third-order valence-corrected chi connectivity index (χ3v) is 3.03. The Morgan fingerprint density at radius 1 is 1.24 bits per heavy atom. The van der Waals surface area contributed by atoms with E-state index in [2.05, 4.69) is 15.4 Å². The number of esters is 1. The number of rotatable bonds is 9. The summed E-state index contributed by atoms with van der Waals surface area (Å²) in [5.41, 5.74) is 1.18. The van der Waals surface area contributed by atoms with Crippen molar-refractivity contribution in [2.24, 2.45) is 0 Å². The molecule has 0 aliphatic rings. The summed E-state index contributed by atoms with van der Waals surface area (Å²) < 4.78 is 4.68. The van der Waals surface area contributed by atoms with Crippen LogP contribution in [0.4, 0.5) is 0 Å². The van der Waals surface area contributed by atoms with Gasteiger partial charge in [-0.3, -0.25) is 9.59 Å². The molecule has 8 heteroatoms. The van der Waals surface area contributed by atoms with Gasteiger partial charge in [0, 0.05) is 11.8 Å². The molecule has 2 N–H and O–H groups in total. The summed E-state index contributed by atoms with van der Waals surface area (Å²) in [6.07, 6.45) is 1.40. The molecule has 1 aromatic rings. The molecule has 0 saturated carbocycles. The fourth-order valence-corrected chi connectivity index (χ4v) is 1.98. The Morgan fingerprint density at radius 2 is 1.88 bits per heavy atom. The van der Waals surface area contributed by atoms with Crippen LogP contribution in [0.1, 0.15) is 19.4 Å². The smallest absolute Gasteiger partial charge is 0.548 e. The van der Waals surface area contributed by atoms with Crippen molar-refractivity contribution in [3.8, 4) is 0 Å². The van der Waals surface area contributed by atoms with E-state index in [-0.39, 0.29) is 49.1 Å². The molecule has 0 aliphatic carbocycles. The summed E-state index contributed by atoms with van der Waals surface area (Å²) in [6.45, 7) is 3.22. The predicted molar refractivity (Wildman–Crippen MR) is 85.5 cm³/mol. The van der Waals surface area contributed by atoms with Crippen LogP contribution in [-0.2, 0) is 25.5 Å². The van der Waals surface area contributed by atoms with E-state index in [9.17, 15) is 19.5 Å². The molecule has 0 aromatic heterocycles. The summed E-state index contributed by atoms with van der Waals surface area (Å²) in [5.74, 6) is -2.33. The van der Waals surface area contributed by atoms with Crippen LogP contribution >= 0.6 is 0 Å². The van der Waals surface area contributed by atoms with Crippen LogP contribution in [0, 0.1) is 0 Å². The van der Waals surface area contributed by atoms with E-state index in [1.807, 2.05) is 30.3 Å². The SMILES string of the molecule is CCOC(=O)CNC(=O)C=C(C)N[C@@H](Cc1ccccc1)C(=O)[O-].[Na+]. The monoisotopic (exact) mass is 356 g/mol. The largest absolute Gasteiger partial charge is 1.00 e. The van der Waals surface area contributed by atoms with Gasteiger partial charge < -0.3 is 25.3 Å². The maximum atomic E-state index is 11.7. The first-order valence-corrected chi connectivity index (χ1v) is 7.55. The number of amides is 1. The van der Waals surface area contributed by atoms with Crippen LogP contribution < -0.4 is 45.3 Å². The van der Waals surface area contributed by atoms with E-state index < -0.39 is 23.9 Å². The number of carboxylic acid groups (broad SMARTS) is 1. The average molecular weight is 356 g/mol. The summed E-state index contributed by atoms with van der Waals surface area (Å²) in [4.78, 5) is 34.1. The summed E-state index contributed by atoms with van der Waals surface area (Å²) in [7, 11) is 0. The van der Waals surface area contributed by atoms with E-state index in [4.69, 9.17) is 0 Å². The van der Waals surface area contributed by atoms with Crippen LogP contribution in [0.2, 0.25) is 0 Å². The number of aliphatic carboxylic acids is 1. The second-order valence-corrected chi connectivity index (χ2v) is 5.06. The predicted octanol–water partition coefficient (Wildman–Crippen LogP) is -3.48. The molecule has 0 bridgehead atoms. The number of benzene rings is 1. The second-order valence-electron chi connectivity index (χ2n) is 5.06. The van der Waals surface area contributed by atoms with Gasteiger partial charge >= 0.3 is 35.5 Å². The Bertz CT molecular complexity index is 604. The molecule has 0 aliphatic heterocycles. The zero-order valence-corrected chi connectivity index (χ0v) is 16.7. The number of hydrogen-bond donors (Lipinski definition) is 2. The average Bonchev–Trinajstić information content (AvgIpc) is 2.53. The van der Waals surface area contributed by atoms with Gasteiger partial charge in [0.2, 0.25) is 5.91 Å². The van der Waals surface area contributed by atoms with E-state index >= 15 is 0 Å². The quantitative estimate of drug-likeness (QED) is 0.270. The van der Waals surface area contributed by atoms with E-state index in [0.717, 1.165) is 5.56 Å². The van der Waals surface area contributed by atoms with Gasteiger partial charge in [-0.25, -0.2) is 0 Å². The van der Waals surface area contributed by atoms with Crippen LogP contribution in [0.15, 0.2) is 42.1 Å². The van der Waals surface area contributed by atoms with Crippen LogP contribution in [0.5, 0.6) is 0 Å². The van der Waals surface area contributed by atoms with Gasteiger partial charge in [-0.05, 0) is 25.8 Å². The standard InChI is InChI=1S/C17H22N2O5.Na/c1-3-24-16(21)11-18-15(20)9-12(2)19-14(17(22)23)10-13-7-5-4-6-8-13;/h4-9,14,19H,3,10-11H2,1-2H3,(H,18,20)(H,22,23);/q;+1/p-1/t14-;/m0./s1. The van der Waals surface area contributed by atoms with Crippen molar-refractivity contribution >= 4 is 17.8 Å². The molecule has 0 saturated heterocycles. The summed E-state index contributed by atoms with van der Waals surface area (Å²) in [5, 5.41) is 16.3. The summed E-state index contributed by atoms with van der Waals surface area (Å²) in [6, 6.07) is 8.11. The van der Waals surface area contributed by atoms with Crippen LogP contribution in [-0.4, -0.2) is 37.0 Å². The molecule has 130 valence electrons. The first kappa shape index (κ1) is 23.2. The molecule has 0 radical (unpaired) electrons. The van der Waals surface area contributed by atoms with E-state index in [1.165, 1.54) is 6.08 Å². The van der Waals surface area contributed by atoms with Gasteiger partial charge in [-0.15, -0.1) is 0 Å². The van der Waals surface area contributed by atoms with Crippen molar-refractivity contribution in [3.63, 3.8) is 0 Å². The Balaban J connectivity index is 0.00000576. The molecule has 1 atom stereocenters. The maximum Gasteiger partial charge on any atom is 1.00 e. The molecule has 0 spiro atoms. The minimum atomic E-state index is -1.27. The van der Waals surface area contributed by atoms with Gasteiger partial charge in [0.15, 0.2) is 0 Å². The number of carbonyl (C=O) groups is 3. The number of hydrogen-bond acceptors (Lipinski definition) is 6. The normalized spacial score (nSPS) is 11.7. The zero-order valence-electron chi connectivity index (χ0n) is 14.7. The number of ether oxygens (including phenoxy) is 1. The van der Waals surface area contributed by atoms with Gasteiger partial charge in [0.1, 0.15) is 6.54 Å². The fourth-order valence-electron chi connectivity index (χ4n) is 1.98. The number of carboxylic acids is 1. The number of nitrogens with one attached hydrogen (secondary N) is 2. The fraction of sp³-hybridized carbons (Fsp3) is 0.353. The molecule has 1 amide bonds. The minimum Gasteiger partial charge on any atom is -0.548 e. The molecule has 1 aromatic carbocycles. The van der Waals surface area contributed by atoms with Gasteiger partial charge in [-0.1, -0.05) is 30.3 Å². The topological polar surface area (TPSA) is 108 Å². The Morgan fingerprint density at radius 3 is 2.44 bits per heavy atom. The van der Waals surface area contributed by atoms with Crippen molar-refractivity contribution in [2.75, 3.05) is 13.2 Å². The second kappa shape index (κ2) is 12.5. The van der Waals surface area contributed by atoms with Crippen molar-refractivity contribution in [2.45, 2.75) is 26.3 Å². The Kier molecular flexibility index (Phi) is 11.6. The molecular weight excluding hydrogens is 335 g/mol. The molecule has 25 heavy (non-hydrogen) atoms. The molecule has 0 fully saturated rings. The third-order valence-electron chi connectivity index (χ3n) is 3.03. The van der Waals surface area contributed by atoms with E-state index in [0.29, 0.717) is 5.70 Å². The summed E-state index contributed by atoms with van der Waals surface area (Å²) >= 11 is 0. The Labute approximate surface area is 169 Å². The Hall–Kier alpha value is -1.83. The zero-order chi connectivity index (χ0) is 17.9. The minimum absolute atomic E-state index is 0. The van der Waals surface area contributed by atoms with Crippen molar-refractivity contribution in [3.05, 3.63) is 47.7 Å². The maximum absolute atomic E-state index is 11.7. The number of carbonyl (C=O) groups excluding carboxylic acids is 3. The van der Waals surface area contributed by atoms with Crippen LogP contribution in [0.3, 0.4) is 0 Å². The van der Waals surface area contributed by atoms with E-state index in [1.54, 1.807) is 13.8 Å². The molecule has 7 nitrogen and oxygen atoms in total. The first-order chi connectivity index (χ1) is 11.4. The van der Waals surface area contributed by atoms with Crippen LogP contribution in [0.25, 0.3) is 0 Å². The third kappa shape index (κ3) is 9.91. The van der Waals surface area contributed by atoms with Crippen molar-refractivity contribution < 1.29 is 53.8 Å². The van der Waals surface area contributed by atoms with Crippen molar-refractivity contribution in [1.82, 2.24) is 10.6 Å². The molecular formula is C17H21N2NaO5. The first-order valence-electron chi connectivity index (χ1n) is 7.55. The van der Waals surface area contributed by atoms with Gasteiger partial charge in [0.25, 0.3) is 0 Å².